The summed E-state index contributed by atoms with van der Waals surface area (Å²) in [5, 5.41) is 2.64. The van der Waals surface area contributed by atoms with Crippen LogP contribution in [-0.4, -0.2) is 56.8 Å². The van der Waals surface area contributed by atoms with Crippen molar-refractivity contribution in [2.45, 2.75) is 0 Å². The molecule has 0 saturated heterocycles. The molecule has 1 aliphatic heterocycles. The van der Waals surface area contributed by atoms with Crippen molar-refractivity contribution in [1.29, 1.82) is 0 Å². The van der Waals surface area contributed by atoms with E-state index in [9.17, 15) is 0 Å². The molecule has 0 N–H and O–H groups in total. The molecular formula is C25H28BrN3Se. The Balaban J connectivity index is 0.00000256. The Bertz CT molecular complexity index is 1220. The first kappa shape index (κ1) is 22.6. The van der Waals surface area contributed by atoms with Crippen molar-refractivity contribution in [3.8, 4) is 21.1 Å². The van der Waals surface area contributed by atoms with Crippen LogP contribution in [0.2, 0.25) is 0 Å². The molecular weight excluding hydrogens is 501 g/mol. The van der Waals surface area contributed by atoms with Gasteiger partial charge in [0.15, 0.2) is 0 Å². The normalized spacial score (nSPS) is 10.7. The zero-order valence-corrected chi connectivity index (χ0v) is 21.7. The molecule has 1 aliphatic carbocycles. The van der Waals surface area contributed by atoms with Gasteiger partial charge in [-0.15, -0.1) is 0 Å². The number of fused-ring (bicyclic) bond motifs is 2. The fourth-order valence-corrected chi connectivity index (χ4v) is 6.09. The molecule has 0 atom stereocenters. The fourth-order valence-electron chi connectivity index (χ4n) is 3.66. The first-order chi connectivity index (χ1) is 13.8. The molecule has 2 aliphatic rings. The van der Waals surface area contributed by atoms with Gasteiger partial charge in [-0.25, -0.2) is 0 Å². The van der Waals surface area contributed by atoms with Crippen LogP contribution in [0.4, 0.5) is 11.4 Å². The summed E-state index contributed by atoms with van der Waals surface area (Å²) in [6, 6.07) is 22.8. The van der Waals surface area contributed by atoms with E-state index in [0.717, 1.165) is 0 Å². The fraction of sp³-hybridized carbons (Fsp3) is 0.240. The number of anilines is 2. The molecule has 0 amide bonds. The minimum Gasteiger partial charge on any atom is -1.00 e. The van der Waals surface area contributed by atoms with Gasteiger partial charge in [-0.05, 0) is 0 Å². The van der Waals surface area contributed by atoms with E-state index in [4.69, 9.17) is 0 Å². The predicted octanol–water partition coefficient (Wildman–Crippen LogP) is 0.836. The molecule has 0 fully saturated rings. The number of hydrogen-bond donors (Lipinski definition) is 0. The van der Waals surface area contributed by atoms with Gasteiger partial charge in [0.25, 0.3) is 0 Å². The number of rotatable bonds is 3. The first-order valence-corrected chi connectivity index (χ1v) is 11.5. The Hall–Kier alpha value is -2.07. The standard InChI is InChI=1S/C25H28N3Se.BrH/c1-26(2)18-9-7-17(8-10-18)25-21-13-11-19(27(3)4)15-23(21)29-24-16-20(28(5)6)12-14-22(24)25;/h7-16H,1-6H3;1H/q+1;/p-1. The van der Waals surface area contributed by atoms with E-state index in [1.54, 1.807) is 0 Å². The number of hydrogen-bond acceptors (Lipinski definition) is 2. The van der Waals surface area contributed by atoms with E-state index >= 15 is 0 Å². The molecule has 0 spiro atoms. The van der Waals surface area contributed by atoms with Gasteiger partial charge in [0, 0.05) is 0 Å². The third kappa shape index (κ3) is 4.20. The van der Waals surface area contributed by atoms with Crippen LogP contribution >= 0.6 is 0 Å². The third-order valence-electron chi connectivity index (χ3n) is 5.39. The average molecular weight is 529 g/mol. The topological polar surface area (TPSA) is 9.49 Å². The van der Waals surface area contributed by atoms with Crippen LogP contribution in [0.1, 0.15) is 0 Å². The maximum Gasteiger partial charge on any atom is -1.00 e. The summed E-state index contributed by atoms with van der Waals surface area (Å²) in [5.41, 5.74) is 6.49. The summed E-state index contributed by atoms with van der Waals surface area (Å²) in [6.45, 7) is 0. The molecule has 0 aromatic heterocycles. The van der Waals surface area contributed by atoms with Crippen molar-refractivity contribution in [3.05, 3.63) is 66.0 Å². The maximum atomic E-state index is 2.37. The van der Waals surface area contributed by atoms with Crippen molar-refractivity contribution in [2.75, 3.05) is 52.1 Å². The van der Waals surface area contributed by atoms with Crippen LogP contribution in [0, 0.1) is 0 Å². The third-order valence-corrected chi connectivity index (χ3v) is 7.73. The summed E-state index contributed by atoms with van der Waals surface area (Å²) in [4.78, 5) is 4.33. The number of nitrogens with zero attached hydrogens (tertiary/aromatic N) is 3. The summed E-state index contributed by atoms with van der Waals surface area (Å²) in [7, 11) is 12.6. The van der Waals surface area contributed by atoms with Crippen molar-refractivity contribution >= 4 is 35.5 Å². The van der Waals surface area contributed by atoms with Gasteiger partial charge >= 0.3 is 179 Å². The second kappa shape index (κ2) is 8.97. The van der Waals surface area contributed by atoms with E-state index in [2.05, 4.69) is 117 Å². The molecule has 0 bridgehead atoms. The van der Waals surface area contributed by atoms with Crippen molar-refractivity contribution < 1.29 is 17.0 Å². The molecule has 4 rings (SSSR count). The Morgan fingerprint density at radius 1 is 0.733 bits per heavy atom. The van der Waals surface area contributed by atoms with Gasteiger partial charge in [-0.1, -0.05) is 0 Å². The summed E-state index contributed by atoms with van der Waals surface area (Å²) < 4.78 is 5.10. The van der Waals surface area contributed by atoms with Crippen LogP contribution < -0.4 is 36.7 Å². The molecule has 2 aromatic rings. The van der Waals surface area contributed by atoms with Crippen molar-refractivity contribution in [2.24, 2.45) is 0 Å². The van der Waals surface area contributed by atoms with Crippen LogP contribution in [0.15, 0.2) is 60.7 Å². The van der Waals surface area contributed by atoms with E-state index in [1.165, 1.54) is 47.5 Å². The summed E-state index contributed by atoms with van der Waals surface area (Å²) in [5.74, 6) is 0. The van der Waals surface area contributed by atoms with E-state index < -0.39 is 0 Å². The summed E-state index contributed by atoms with van der Waals surface area (Å²) in [6.07, 6.45) is 0. The van der Waals surface area contributed by atoms with Gasteiger partial charge < -0.3 is 17.0 Å². The SMILES string of the molecule is CN(C)c1ccc(-c2c3ccc(=[N+](C)C)cc-3[se]c3cc(N(C)C)ccc23)cc1.[Br-]. The van der Waals surface area contributed by atoms with E-state index in [-0.39, 0.29) is 31.5 Å². The monoisotopic (exact) mass is 529 g/mol. The maximum absolute atomic E-state index is 2.37. The first-order valence-electron chi connectivity index (χ1n) is 9.81. The molecule has 0 unspecified atom stereocenters. The molecule has 0 radical (unpaired) electrons. The Morgan fingerprint density at radius 3 is 1.97 bits per heavy atom. The molecule has 5 heteroatoms. The van der Waals surface area contributed by atoms with Gasteiger partial charge in [-0.2, -0.15) is 0 Å². The van der Waals surface area contributed by atoms with Gasteiger partial charge in [-0.3, -0.25) is 0 Å². The van der Waals surface area contributed by atoms with Crippen molar-refractivity contribution in [1.82, 2.24) is 4.58 Å². The van der Waals surface area contributed by atoms with E-state index in [1.807, 2.05) is 0 Å². The largest absolute Gasteiger partial charge is 1.00 e. The molecule has 1 heterocycles. The quantitative estimate of drug-likeness (QED) is 0.221. The molecule has 2 aromatic carbocycles. The molecule has 30 heavy (non-hydrogen) atoms. The second-order valence-corrected chi connectivity index (χ2v) is 10.3. The van der Waals surface area contributed by atoms with Crippen LogP contribution in [0.5, 0.6) is 0 Å². The zero-order chi connectivity index (χ0) is 20.7. The Morgan fingerprint density at radius 2 is 1.37 bits per heavy atom. The van der Waals surface area contributed by atoms with Gasteiger partial charge in [0.05, 0.1) is 0 Å². The van der Waals surface area contributed by atoms with E-state index in [0.29, 0.717) is 0 Å². The van der Waals surface area contributed by atoms with Crippen LogP contribution in [-0.2, 0) is 0 Å². The number of benzene rings is 3. The second-order valence-electron chi connectivity index (χ2n) is 8.07. The average Bonchev–Trinajstić information content (AvgIpc) is 2.71. The Kier molecular flexibility index (Phi) is 6.76. The minimum atomic E-state index is 0. The minimum absolute atomic E-state index is 0. The van der Waals surface area contributed by atoms with Crippen LogP contribution in [0.25, 0.3) is 30.8 Å². The van der Waals surface area contributed by atoms with Crippen molar-refractivity contribution in [3.63, 3.8) is 0 Å². The zero-order valence-electron chi connectivity index (χ0n) is 18.4. The number of halogens is 1. The molecule has 3 nitrogen and oxygen atoms in total. The molecule has 156 valence electrons. The van der Waals surface area contributed by atoms with Gasteiger partial charge in [0.2, 0.25) is 0 Å². The molecule has 0 saturated carbocycles. The Labute approximate surface area is 195 Å². The van der Waals surface area contributed by atoms with Crippen LogP contribution in [0.3, 0.4) is 0 Å². The summed E-state index contributed by atoms with van der Waals surface area (Å²) >= 11 is 0.287. The van der Waals surface area contributed by atoms with Gasteiger partial charge in [0.1, 0.15) is 0 Å². The predicted molar refractivity (Wildman–Crippen MR) is 129 cm³/mol. The smallest absolute Gasteiger partial charge is 1.00 e.